The first-order valence-electron chi connectivity index (χ1n) is 8.18. The van der Waals surface area contributed by atoms with E-state index in [4.69, 9.17) is 10.5 Å². The predicted molar refractivity (Wildman–Crippen MR) is 90.1 cm³/mol. The highest BCUT2D eigenvalue weighted by atomic mass is 16.6. The molecule has 1 fully saturated rings. The van der Waals surface area contributed by atoms with Crippen LogP contribution >= 0.6 is 0 Å². The molecule has 0 bridgehead atoms. The van der Waals surface area contributed by atoms with Gasteiger partial charge < -0.3 is 15.6 Å². The van der Waals surface area contributed by atoms with Gasteiger partial charge in [-0.2, -0.15) is 0 Å². The quantitative estimate of drug-likeness (QED) is 0.892. The summed E-state index contributed by atoms with van der Waals surface area (Å²) >= 11 is 0. The van der Waals surface area contributed by atoms with E-state index in [1.165, 1.54) is 5.56 Å². The number of amides is 1. The molecule has 5 heteroatoms. The third-order valence-electron chi connectivity index (χ3n) is 4.30. The zero-order chi connectivity index (χ0) is 17.1. The number of likely N-dealkylation sites (tertiary alicyclic amines) is 1. The summed E-state index contributed by atoms with van der Waals surface area (Å²) in [5, 5.41) is 10.1. The molecule has 2 atom stereocenters. The smallest absolute Gasteiger partial charge is 0.410 e. The highest BCUT2D eigenvalue weighted by Crippen LogP contribution is 2.34. The number of carbonyl (C=O) groups excluding carboxylic acids is 1. The molecule has 0 radical (unpaired) electrons. The Labute approximate surface area is 138 Å². The number of hydrogen-bond acceptors (Lipinski definition) is 4. The predicted octanol–water partition coefficient (Wildman–Crippen LogP) is 2.32. The minimum absolute atomic E-state index is 0.279. The van der Waals surface area contributed by atoms with Crippen LogP contribution in [0.15, 0.2) is 30.3 Å². The summed E-state index contributed by atoms with van der Waals surface area (Å²) in [6, 6.07) is 10.1. The van der Waals surface area contributed by atoms with E-state index < -0.39 is 23.3 Å². The summed E-state index contributed by atoms with van der Waals surface area (Å²) in [6.07, 6.45) is 1.07. The Morgan fingerprint density at radius 1 is 1.39 bits per heavy atom. The second-order valence-electron chi connectivity index (χ2n) is 7.36. The number of aryl methyl sites for hydroxylation is 1. The van der Waals surface area contributed by atoms with Gasteiger partial charge >= 0.3 is 6.09 Å². The Balaban J connectivity index is 2.14. The minimum atomic E-state index is -0.565. The molecular formula is C18H28N2O3. The van der Waals surface area contributed by atoms with Crippen molar-refractivity contribution in [1.29, 1.82) is 0 Å². The zero-order valence-electron chi connectivity index (χ0n) is 14.3. The van der Waals surface area contributed by atoms with Crippen molar-refractivity contribution in [3.05, 3.63) is 35.9 Å². The van der Waals surface area contributed by atoms with E-state index in [1.54, 1.807) is 4.90 Å². The maximum Gasteiger partial charge on any atom is 0.410 e. The van der Waals surface area contributed by atoms with Gasteiger partial charge in [0.1, 0.15) is 5.60 Å². The molecule has 1 saturated heterocycles. The lowest BCUT2D eigenvalue weighted by Crippen LogP contribution is -2.53. The number of rotatable bonds is 4. The lowest BCUT2D eigenvalue weighted by Gasteiger charge is -2.38. The molecule has 128 valence electrons. The van der Waals surface area contributed by atoms with Crippen LogP contribution in [0, 0.1) is 0 Å². The number of hydrogen-bond donors (Lipinski definition) is 2. The van der Waals surface area contributed by atoms with Crippen molar-refractivity contribution in [3.63, 3.8) is 0 Å². The van der Waals surface area contributed by atoms with Crippen LogP contribution in [0.2, 0.25) is 0 Å². The van der Waals surface area contributed by atoms with E-state index in [2.05, 4.69) is 12.1 Å². The van der Waals surface area contributed by atoms with Gasteiger partial charge in [-0.15, -0.1) is 0 Å². The van der Waals surface area contributed by atoms with Gasteiger partial charge in [0.15, 0.2) is 0 Å². The maximum absolute atomic E-state index is 12.5. The number of benzene rings is 1. The normalized spacial score (nSPS) is 24.7. The van der Waals surface area contributed by atoms with Gasteiger partial charge in [0.25, 0.3) is 0 Å². The molecule has 0 saturated carbocycles. The monoisotopic (exact) mass is 320 g/mol. The first-order valence-corrected chi connectivity index (χ1v) is 8.18. The van der Waals surface area contributed by atoms with Crippen LogP contribution in [0.25, 0.3) is 0 Å². The number of β-amino-alcohol motifs (C(OH)–C–C–N with tert-alkyl or cyclic N) is 1. The zero-order valence-corrected chi connectivity index (χ0v) is 14.3. The van der Waals surface area contributed by atoms with E-state index in [0.717, 1.165) is 6.42 Å². The summed E-state index contributed by atoms with van der Waals surface area (Å²) in [5.74, 6) is 0. The van der Waals surface area contributed by atoms with E-state index in [0.29, 0.717) is 19.4 Å². The molecule has 0 aromatic heterocycles. The van der Waals surface area contributed by atoms with Crippen molar-refractivity contribution in [2.45, 2.75) is 57.3 Å². The SMILES string of the molecule is CC(C)(C)OC(=O)N1C[C@@H](O)C[C@]1(CN)CCc1ccccc1. The molecule has 1 aromatic rings. The highest BCUT2D eigenvalue weighted by molar-refractivity contribution is 5.70. The number of nitrogens with two attached hydrogens (primary N) is 1. The topological polar surface area (TPSA) is 75.8 Å². The molecule has 1 aliphatic heterocycles. The Bertz CT molecular complexity index is 527. The standard InChI is InChI=1S/C18H28N2O3/c1-17(2,3)23-16(22)20-12-15(21)11-18(20,13-19)10-9-14-7-5-4-6-8-14/h4-8,15,21H,9-13,19H2,1-3H3/t15-,18-/m0/s1. The van der Waals surface area contributed by atoms with Gasteiger partial charge in [-0.05, 0) is 45.6 Å². The number of carbonyl (C=O) groups is 1. The summed E-state index contributed by atoms with van der Waals surface area (Å²) in [5.41, 5.74) is 6.12. The third-order valence-corrected chi connectivity index (χ3v) is 4.30. The van der Waals surface area contributed by atoms with Crippen molar-refractivity contribution >= 4 is 6.09 Å². The molecule has 1 aliphatic rings. The van der Waals surface area contributed by atoms with Gasteiger partial charge in [-0.3, -0.25) is 4.90 Å². The molecule has 0 spiro atoms. The van der Waals surface area contributed by atoms with Crippen LogP contribution in [-0.2, 0) is 11.2 Å². The van der Waals surface area contributed by atoms with Crippen molar-refractivity contribution < 1.29 is 14.6 Å². The molecule has 1 aromatic carbocycles. The van der Waals surface area contributed by atoms with Gasteiger partial charge in [-0.1, -0.05) is 30.3 Å². The summed E-state index contributed by atoms with van der Waals surface area (Å²) in [4.78, 5) is 14.2. The fraction of sp³-hybridized carbons (Fsp3) is 0.611. The molecule has 23 heavy (non-hydrogen) atoms. The fourth-order valence-corrected chi connectivity index (χ4v) is 3.16. The van der Waals surface area contributed by atoms with Crippen molar-refractivity contribution in [2.24, 2.45) is 5.73 Å². The van der Waals surface area contributed by atoms with Crippen molar-refractivity contribution in [2.75, 3.05) is 13.1 Å². The Morgan fingerprint density at radius 3 is 2.61 bits per heavy atom. The second-order valence-corrected chi connectivity index (χ2v) is 7.36. The molecule has 0 unspecified atom stereocenters. The lowest BCUT2D eigenvalue weighted by molar-refractivity contribution is 0.00698. The average molecular weight is 320 g/mol. The van der Waals surface area contributed by atoms with E-state index in [9.17, 15) is 9.90 Å². The van der Waals surface area contributed by atoms with E-state index in [1.807, 2.05) is 39.0 Å². The Morgan fingerprint density at radius 2 is 2.04 bits per heavy atom. The van der Waals surface area contributed by atoms with Crippen LogP contribution in [0.3, 0.4) is 0 Å². The highest BCUT2D eigenvalue weighted by Gasteiger charge is 2.47. The second kappa shape index (κ2) is 6.89. The molecular weight excluding hydrogens is 292 g/mol. The van der Waals surface area contributed by atoms with Crippen LogP contribution in [-0.4, -0.2) is 46.4 Å². The fourth-order valence-electron chi connectivity index (χ4n) is 3.16. The van der Waals surface area contributed by atoms with Gasteiger partial charge in [0, 0.05) is 6.54 Å². The lowest BCUT2D eigenvalue weighted by atomic mass is 9.88. The largest absolute Gasteiger partial charge is 0.444 e. The van der Waals surface area contributed by atoms with Crippen LogP contribution in [0.1, 0.15) is 39.2 Å². The van der Waals surface area contributed by atoms with Crippen LogP contribution in [0.4, 0.5) is 4.79 Å². The van der Waals surface area contributed by atoms with Gasteiger partial charge in [0.2, 0.25) is 0 Å². The van der Waals surface area contributed by atoms with Crippen LogP contribution < -0.4 is 5.73 Å². The summed E-state index contributed by atoms with van der Waals surface area (Å²) in [7, 11) is 0. The average Bonchev–Trinajstić information content (AvgIpc) is 2.82. The first-order chi connectivity index (χ1) is 10.8. The molecule has 5 nitrogen and oxygen atoms in total. The van der Waals surface area contributed by atoms with E-state index in [-0.39, 0.29) is 6.54 Å². The molecule has 1 amide bonds. The molecule has 3 N–H and O–H groups in total. The van der Waals surface area contributed by atoms with Crippen molar-refractivity contribution in [1.82, 2.24) is 4.90 Å². The molecule has 2 rings (SSSR count). The van der Waals surface area contributed by atoms with E-state index >= 15 is 0 Å². The maximum atomic E-state index is 12.5. The van der Waals surface area contributed by atoms with Crippen LogP contribution in [0.5, 0.6) is 0 Å². The number of nitrogens with zero attached hydrogens (tertiary/aromatic N) is 1. The first kappa shape index (κ1) is 17.8. The Kier molecular flexibility index (Phi) is 5.32. The molecule has 1 heterocycles. The minimum Gasteiger partial charge on any atom is -0.444 e. The summed E-state index contributed by atoms with van der Waals surface area (Å²) < 4.78 is 5.50. The number of ether oxygens (including phenoxy) is 1. The van der Waals surface area contributed by atoms with Gasteiger partial charge in [0.05, 0.1) is 18.2 Å². The third kappa shape index (κ3) is 4.45. The van der Waals surface area contributed by atoms with Crippen molar-refractivity contribution in [3.8, 4) is 0 Å². The Hall–Kier alpha value is -1.59. The van der Waals surface area contributed by atoms with Gasteiger partial charge in [-0.25, -0.2) is 4.79 Å². The summed E-state index contributed by atoms with van der Waals surface area (Å²) in [6.45, 7) is 6.11. The number of aliphatic hydroxyl groups excluding tert-OH is 1. The molecule has 0 aliphatic carbocycles. The number of aliphatic hydroxyl groups is 1.